The first-order valence-corrected chi connectivity index (χ1v) is 5.40. The van der Waals surface area contributed by atoms with E-state index in [1.807, 2.05) is 6.92 Å². The van der Waals surface area contributed by atoms with E-state index in [9.17, 15) is 14.9 Å². The van der Waals surface area contributed by atoms with Crippen molar-refractivity contribution in [2.75, 3.05) is 17.2 Å². The molecule has 1 heterocycles. The number of aromatic nitrogens is 1. The summed E-state index contributed by atoms with van der Waals surface area (Å²) < 4.78 is 0. The molecule has 0 spiro atoms. The molecule has 0 fully saturated rings. The predicted octanol–water partition coefficient (Wildman–Crippen LogP) is 0.707. The van der Waals surface area contributed by atoms with Crippen molar-refractivity contribution in [2.45, 2.75) is 19.9 Å². The van der Waals surface area contributed by atoms with E-state index in [0.717, 1.165) is 0 Å². The molecule has 4 N–H and O–H groups in total. The second-order valence-electron chi connectivity index (χ2n) is 3.62. The van der Waals surface area contributed by atoms with E-state index in [-0.39, 0.29) is 11.5 Å². The Morgan fingerprint density at radius 1 is 1.61 bits per heavy atom. The number of anilines is 2. The Hall–Kier alpha value is -2.38. The second-order valence-corrected chi connectivity index (χ2v) is 3.62. The second kappa shape index (κ2) is 5.80. The van der Waals surface area contributed by atoms with Crippen molar-refractivity contribution in [1.29, 1.82) is 0 Å². The molecule has 0 saturated heterocycles. The lowest BCUT2D eigenvalue weighted by molar-refractivity contribution is -0.384. The number of nitrogens with zero attached hydrogens (tertiary/aromatic N) is 2. The number of hydrogen-bond acceptors (Lipinski definition) is 6. The van der Waals surface area contributed by atoms with Crippen molar-refractivity contribution in [3.05, 3.63) is 22.2 Å². The molecular weight excluding hydrogens is 238 g/mol. The Labute approximate surface area is 104 Å². The number of nitro groups is 1. The molecule has 8 heteroatoms. The fourth-order valence-corrected chi connectivity index (χ4v) is 1.26. The third kappa shape index (κ3) is 3.30. The van der Waals surface area contributed by atoms with Crippen molar-refractivity contribution in [1.82, 2.24) is 4.98 Å². The SMILES string of the molecule is CCNc1ccc([N+](=O)[O-])c(NC(C)C(N)=O)n1. The Morgan fingerprint density at radius 3 is 2.78 bits per heavy atom. The first kappa shape index (κ1) is 13.7. The summed E-state index contributed by atoms with van der Waals surface area (Å²) in [7, 11) is 0. The van der Waals surface area contributed by atoms with E-state index in [1.54, 1.807) is 0 Å². The topological polar surface area (TPSA) is 123 Å². The van der Waals surface area contributed by atoms with Gasteiger partial charge in [0.05, 0.1) is 4.92 Å². The average Bonchev–Trinajstić information content (AvgIpc) is 2.29. The Balaban J connectivity index is 3.07. The van der Waals surface area contributed by atoms with Gasteiger partial charge in [-0.15, -0.1) is 0 Å². The first-order chi connectivity index (χ1) is 8.45. The molecule has 0 radical (unpaired) electrons. The lowest BCUT2D eigenvalue weighted by Crippen LogP contribution is -2.33. The normalized spacial score (nSPS) is 11.7. The van der Waals surface area contributed by atoms with Gasteiger partial charge in [0, 0.05) is 12.6 Å². The van der Waals surface area contributed by atoms with Crippen molar-refractivity contribution in [3.8, 4) is 0 Å². The van der Waals surface area contributed by atoms with Gasteiger partial charge in [-0.2, -0.15) is 0 Å². The maximum Gasteiger partial charge on any atom is 0.311 e. The molecule has 1 amide bonds. The standard InChI is InChI=1S/C10H15N5O3/c1-3-12-8-5-4-7(15(17)18)10(14-8)13-6(2)9(11)16/h4-6H,3H2,1-2H3,(H2,11,16)(H2,12,13,14). The van der Waals surface area contributed by atoms with Crippen LogP contribution < -0.4 is 16.4 Å². The van der Waals surface area contributed by atoms with Crippen molar-refractivity contribution >= 4 is 23.2 Å². The van der Waals surface area contributed by atoms with E-state index < -0.39 is 16.9 Å². The van der Waals surface area contributed by atoms with E-state index in [0.29, 0.717) is 12.4 Å². The van der Waals surface area contributed by atoms with Gasteiger partial charge >= 0.3 is 5.69 Å². The predicted molar refractivity (Wildman–Crippen MR) is 67.3 cm³/mol. The molecule has 8 nitrogen and oxygen atoms in total. The van der Waals surface area contributed by atoms with E-state index in [2.05, 4.69) is 15.6 Å². The molecule has 0 aliphatic carbocycles. The number of amides is 1. The van der Waals surface area contributed by atoms with Crippen LogP contribution in [0.3, 0.4) is 0 Å². The fourth-order valence-electron chi connectivity index (χ4n) is 1.26. The van der Waals surface area contributed by atoms with Crippen LogP contribution in [0.2, 0.25) is 0 Å². The number of pyridine rings is 1. The van der Waals surface area contributed by atoms with Crippen LogP contribution >= 0.6 is 0 Å². The number of nitrogens with two attached hydrogens (primary N) is 1. The summed E-state index contributed by atoms with van der Waals surface area (Å²) in [6.45, 7) is 4.02. The van der Waals surface area contributed by atoms with Crippen molar-refractivity contribution in [2.24, 2.45) is 5.73 Å². The van der Waals surface area contributed by atoms with Gasteiger partial charge in [-0.1, -0.05) is 0 Å². The van der Waals surface area contributed by atoms with Gasteiger partial charge in [-0.25, -0.2) is 4.98 Å². The maximum absolute atomic E-state index is 10.9. The van der Waals surface area contributed by atoms with Gasteiger partial charge in [0.2, 0.25) is 11.7 Å². The van der Waals surface area contributed by atoms with Gasteiger partial charge in [0.1, 0.15) is 11.9 Å². The molecule has 98 valence electrons. The summed E-state index contributed by atoms with van der Waals surface area (Å²) in [5.41, 5.74) is 4.89. The molecule has 1 atom stereocenters. The largest absolute Gasteiger partial charge is 0.370 e. The summed E-state index contributed by atoms with van der Waals surface area (Å²) in [4.78, 5) is 25.2. The molecule has 1 unspecified atom stereocenters. The smallest absolute Gasteiger partial charge is 0.311 e. The van der Waals surface area contributed by atoms with Crippen LogP contribution in [0.4, 0.5) is 17.3 Å². The fraction of sp³-hybridized carbons (Fsp3) is 0.400. The van der Waals surface area contributed by atoms with Crippen LogP contribution in [0.1, 0.15) is 13.8 Å². The van der Waals surface area contributed by atoms with E-state index in [4.69, 9.17) is 5.73 Å². The quantitative estimate of drug-likeness (QED) is 0.506. The highest BCUT2D eigenvalue weighted by molar-refractivity contribution is 5.83. The van der Waals surface area contributed by atoms with Crippen molar-refractivity contribution < 1.29 is 9.72 Å². The zero-order chi connectivity index (χ0) is 13.7. The number of nitrogens with one attached hydrogen (secondary N) is 2. The zero-order valence-electron chi connectivity index (χ0n) is 10.1. The van der Waals surface area contributed by atoms with Crippen LogP contribution in [0.25, 0.3) is 0 Å². The maximum atomic E-state index is 10.9. The van der Waals surface area contributed by atoms with Crippen LogP contribution in [0.15, 0.2) is 12.1 Å². The number of hydrogen-bond donors (Lipinski definition) is 3. The minimum atomic E-state index is -0.743. The van der Waals surface area contributed by atoms with Crippen molar-refractivity contribution in [3.63, 3.8) is 0 Å². The lowest BCUT2D eigenvalue weighted by Gasteiger charge is -2.12. The molecule has 18 heavy (non-hydrogen) atoms. The minimum Gasteiger partial charge on any atom is -0.370 e. The highest BCUT2D eigenvalue weighted by atomic mass is 16.6. The van der Waals surface area contributed by atoms with Gasteiger partial charge in [-0.3, -0.25) is 14.9 Å². The third-order valence-electron chi connectivity index (χ3n) is 2.21. The molecule has 1 aromatic heterocycles. The van der Waals surface area contributed by atoms with Crippen LogP contribution in [0, 0.1) is 10.1 Å². The summed E-state index contributed by atoms with van der Waals surface area (Å²) in [5, 5.41) is 16.4. The molecule has 1 rings (SSSR count). The zero-order valence-corrected chi connectivity index (χ0v) is 10.1. The Morgan fingerprint density at radius 2 is 2.28 bits per heavy atom. The molecule has 0 saturated carbocycles. The summed E-state index contributed by atoms with van der Waals surface area (Å²) in [6.07, 6.45) is 0. The highest BCUT2D eigenvalue weighted by Gasteiger charge is 2.19. The monoisotopic (exact) mass is 253 g/mol. The molecule has 0 aliphatic heterocycles. The highest BCUT2D eigenvalue weighted by Crippen LogP contribution is 2.24. The van der Waals surface area contributed by atoms with E-state index in [1.165, 1.54) is 19.1 Å². The molecule has 0 bridgehead atoms. The van der Waals surface area contributed by atoms with Crippen LogP contribution in [0.5, 0.6) is 0 Å². The van der Waals surface area contributed by atoms with Gasteiger partial charge in [0.25, 0.3) is 0 Å². The molecular formula is C10H15N5O3. The first-order valence-electron chi connectivity index (χ1n) is 5.40. The Bertz CT molecular complexity index is 463. The Kier molecular flexibility index (Phi) is 4.41. The minimum absolute atomic E-state index is 0.0183. The number of carbonyl (C=O) groups excluding carboxylic acids is 1. The van der Waals surface area contributed by atoms with Crippen LogP contribution in [-0.2, 0) is 4.79 Å². The number of primary amides is 1. The van der Waals surface area contributed by atoms with Crippen LogP contribution in [-0.4, -0.2) is 28.4 Å². The summed E-state index contributed by atoms with van der Waals surface area (Å²) in [6, 6.07) is 2.08. The van der Waals surface area contributed by atoms with Gasteiger partial charge in [0.15, 0.2) is 0 Å². The lowest BCUT2D eigenvalue weighted by atomic mass is 10.3. The third-order valence-corrected chi connectivity index (χ3v) is 2.21. The van der Waals surface area contributed by atoms with Gasteiger partial charge < -0.3 is 16.4 Å². The average molecular weight is 253 g/mol. The van der Waals surface area contributed by atoms with E-state index >= 15 is 0 Å². The summed E-state index contributed by atoms with van der Waals surface area (Å²) >= 11 is 0. The number of rotatable bonds is 6. The molecule has 1 aromatic rings. The van der Waals surface area contributed by atoms with Gasteiger partial charge in [-0.05, 0) is 19.9 Å². The number of carbonyl (C=O) groups is 1. The molecule has 0 aromatic carbocycles. The summed E-state index contributed by atoms with van der Waals surface area (Å²) in [5.74, 6) is -0.105. The molecule has 0 aliphatic rings.